The number of likely N-dealkylation sites (N-methyl/N-ethyl adjacent to an activating group) is 1. The van der Waals surface area contributed by atoms with Crippen LogP contribution in [-0.2, 0) is 22.7 Å². The lowest BCUT2D eigenvalue weighted by molar-refractivity contribution is -0.134. The minimum Gasteiger partial charge on any atom is -0.496 e. The first-order chi connectivity index (χ1) is 15.3. The van der Waals surface area contributed by atoms with Gasteiger partial charge >= 0.3 is 0 Å². The molecular weight excluding hydrogens is 408 g/mol. The van der Waals surface area contributed by atoms with Gasteiger partial charge in [0.2, 0.25) is 11.8 Å². The second kappa shape index (κ2) is 8.37. The summed E-state index contributed by atoms with van der Waals surface area (Å²) in [5.41, 5.74) is 1.16. The third-order valence-electron chi connectivity index (χ3n) is 6.11. The molecule has 0 bridgehead atoms. The van der Waals surface area contributed by atoms with Crippen LogP contribution < -0.4 is 15.4 Å². The van der Waals surface area contributed by atoms with Crippen LogP contribution >= 0.6 is 0 Å². The van der Waals surface area contributed by atoms with Crippen molar-refractivity contribution in [2.45, 2.75) is 25.6 Å². The van der Waals surface area contributed by atoms with Gasteiger partial charge in [0, 0.05) is 30.1 Å². The molecule has 0 fully saturated rings. The summed E-state index contributed by atoms with van der Waals surface area (Å²) in [5, 5.41) is 6.42. The second-order valence-electron chi connectivity index (χ2n) is 8.08. The van der Waals surface area contributed by atoms with Crippen LogP contribution in [0.1, 0.15) is 23.0 Å². The Hall–Kier alpha value is -3.81. The Labute approximate surface area is 186 Å². The summed E-state index contributed by atoms with van der Waals surface area (Å²) in [7, 11) is 3.19. The van der Waals surface area contributed by atoms with Crippen molar-refractivity contribution in [3.63, 3.8) is 0 Å². The Kier molecular flexibility index (Phi) is 5.61. The number of nitrogens with zero attached hydrogens (tertiary/aromatic N) is 2. The van der Waals surface area contributed by atoms with E-state index in [1.165, 1.54) is 4.90 Å². The molecule has 8 nitrogen and oxygen atoms in total. The molecule has 2 aromatic carbocycles. The van der Waals surface area contributed by atoms with E-state index in [9.17, 15) is 14.4 Å². The highest BCUT2D eigenvalue weighted by Gasteiger charge is 2.45. The Balaban J connectivity index is 1.43. The number of hydrogen-bond donors (Lipinski definition) is 2. The molecule has 1 aromatic heterocycles. The van der Waals surface area contributed by atoms with Crippen LogP contribution in [0.3, 0.4) is 0 Å². The number of nitrogens with one attached hydrogen (secondary N) is 2. The molecule has 1 aliphatic heterocycles. The van der Waals surface area contributed by atoms with Crippen molar-refractivity contribution in [3.05, 3.63) is 65.9 Å². The molecule has 2 N–H and O–H groups in total. The van der Waals surface area contributed by atoms with Gasteiger partial charge < -0.3 is 24.8 Å². The predicted octanol–water partition coefficient (Wildman–Crippen LogP) is 1.93. The van der Waals surface area contributed by atoms with Crippen LogP contribution in [-0.4, -0.2) is 53.4 Å². The summed E-state index contributed by atoms with van der Waals surface area (Å²) in [6.45, 7) is 2.11. The van der Waals surface area contributed by atoms with Crippen molar-refractivity contribution < 1.29 is 19.1 Å². The monoisotopic (exact) mass is 434 g/mol. The van der Waals surface area contributed by atoms with Gasteiger partial charge in [-0.3, -0.25) is 14.4 Å². The minimum atomic E-state index is -1.13. The van der Waals surface area contributed by atoms with Gasteiger partial charge in [0.15, 0.2) is 0 Å². The first-order valence-electron chi connectivity index (χ1n) is 10.4. The second-order valence-corrected chi connectivity index (χ2v) is 8.08. The molecule has 4 rings (SSSR count). The zero-order valence-corrected chi connectivity index (χ0v) is 18.3. The summed E-state index contributed by atoms with van der Waals surface area (Å²) < 4.78 is 7.16. The predicted molar refractivity (Wildman–Crippen MR) is 120 cm³/mol. The number of carbonyl (C=O) groups excluding carboxylic acids is 3. The molecule has 3 aromatic rings. The first kappa shape index (κ1) is 21.4. The number of methoxy groups -OCH3 is 1. The van der Waals surface area contributed by atoms with Crippen molar-refractivity contribution in [2.75, 3.05) is 20.7 Å². The summed E-state index contributed by atoms with van der Waals surface area (Å²) in [4.78, 5) is 39.9. The van der Waals surface area contributed by atoms with E-state index >= 15 is 0 Å². The molecule has 1 unspecified atom stereocenters. The van der Waals surface area contributed by atoms with Gasteiger partial charge in [-0.15, -0.1) is 0 Å². The smallest absolute Gasteiger partial charge is 0.271 e. The Morgan fingerprint density at radius 1 is 1.09 bits per heavy atom. The molecule has 0 saturated heterocycles. The SMILES string of the molecule is COc1ccccc1CNC(=O)CNC(=O)C1(C)Cn2c(cc3ccccc32)C(=O)N1C. The highest BCUT2D eigenvalue weighted by Crippen LogP contribution is 2.31. The zero-order chi connectivity index (χ0) is 22.9. The van der Waals surface area contributed by atoms with Crippen LogP contribution in [0.15, 0.2) is 54.6 Å². The lowest BCUT2D eigenvalue weighted by Gasteiger charge is -2.41. The van der Waals surface area contributed by atoms with E-state index in [2.05, 4.69) is 10.6 Å². The molecule has 2 heterocycles. The number of para-hydroxylation sites is 2. The number of amides is 3. The standard InChI is InChI=1S/C24H26N4O4/c1-24(15-28-18-10-6-4-8-16(18)12-19(28)22(30)27(24)2)23(31)26-14-21(29)25-13-17-9-5-7-11-20(17)32-3/h4-12H,13-15H2,1-3H3,(H,25,29)(H,26,31). The number of aromatic nitrogens is 1. The van der Waals surface area contributed by atoms with Gasteiger partial charge in [-0.2, -0.15) is 0 Å². The van der Waals surface area contributed by atoms with Crippen molar-refractivity contribution in [1.29, 1.82) is 0 Å². The topological polar surface area (TPSA) is 92.7 Å². The summed E-state index contributed by atoms with van der Waals surface area (Å²) >= 11 is 0. The number of ether oxygens (including phenoxy) is 1. The van der Waals surface area contributed by atoms with Crippen LogP contribution in [0.5, 0.6) is 5.75 Å². The maximum absolute atomic E-state index is 13.1. The quantitative estimate of drug-likeness (QED) is 0.620. The molecule has 166 valence electrons. The Bertz CT molecular complexity index is 1200. The third kappa shape index (κ3) is 3.68. The zero-order valence-electron chi connectivity index (χ0n) is 18.3. The fourth-order valence-electron chi connectivity index (χ4n) is 4.05. The van der Waals surface area contributed by atoms with E-state index in [0.717, 1.165) is 16.5 Å². The highest BCUT2D eigenvalue weighted by molar-refractivity contribution is 6.03. The van der Waals surface area contributed by atoms with Crippen molar-refractivity contribution in [3.8, 4) is 5.75 Å². The molecule has 0 radical (unpaired) electrons. The summed E-state index contributed by atoms with van der Waals surface area (Å²) in [5.74, 6) is -0.263. The van der Waals surface area contributed by atoms with Crippen LogP contribution in [0, 0.1) is 0 Å². The van der Waals surface area contributed by atoms with Crippen molar-refractivity contribution >= 4 is 28.6 Å². The van der Waals surface area contributed by atoms with E-state index in [4.69, 9.17) is 4.74 Å². The minimum absolute atomic E-state index is 0.190. The fraction of sp³-hybridized carbons (Fsp3) is 0.292. The Morgan fingerprint density at radius 3 is 2.59 bits per heavy atom. The highest BCUT2D eigenvalue weighted by atomic mass is 16.5. The number of carbonyl (C=O) groups is 3. The van der Waals surface area contributed by atoms with Gasteiger partial charge in [0.05, 0.1) is 20.2 Å². The largest absolute Gasteiger partial charge is 0.496 e. The van der Waals surface area contributed by atoms with E-state index in [0.29, 0.717) is 18.0 Å². The van der Waals surface area contributed by atoms with E-state index in [1.54, 1.807) is 21.1 Å². The average Bonchev–Trinajstić information content (AvgIpc) is 3.18. The average molecular weight is 434 g/mol. The summed E-state index contributed by atoms with van der Waals surface area (Å²) in [6.07, 6.45) is 0. The molecular formula is C24H26N4O4. The van der Waals surface area contributed by atoms with Crippen LogP contribution in [0.4, 0.5) is 0 Å². The van der Waals surface area contributed by atoms with Crippen molar-refractivity contribution in [1.82, 2.24) is 20.1 Å². The summed E-state index contributed by atoms with van der Waals surface area (Å²) in [6, 6.07) is 16.9. The molecule has 32 heavy (non-hydrogen) atoms. The lowest BCUT2D eigenvalue weighted by atomic mass is 9.95. The number of fused-ring (bicyclic) bond motifs is 3. The van der Waals surface area contributed by atoms with Crippen LogP contribution in [0.25, 0.3) is 10.9 Å². The number of rotatable bonds is 6. The van der Waals surface area contributed by atoms with Gasteiger partial charge in [0.25, 0.3) is 5.91 Å². The van der Waals surface area contributed by atoms with Crippen molar-refractivity contribution in [2.24, 2.45) is 0 Å². The normalized spacial score (nSPS) is 17.7. The van der Waals surface area contributed by atoms with E-state index in [-0.39, 0.29) is 30.8 Å². The molecule has 0 aliphatic carbocycles. The van der Waals surface area contributed by atoms with Gasteiger partial charge in [-0.05, 0) is 25.1 Å². The third-order valence-corrected chi connectivity index (χ3v) is 6.11. The molecule has 8 heteroatoms. The fourth-order valence-corrected chi connectivity index (χ4v) is 4.05. The van der Waals surface area contributed by atoms with E-state index < -0.39 is 5.54 Å². The maximum atomic E-state index is 13.1. The molecule has 1 aliphatic rings. The lowest BCUT2D eigenvalue weighted by Crippen LogP contribution is -2.63. The first-order valence-corrected chi connectivity index (χ1v) is 10.4. The number of hydrogen-bond acceptors (Lipinski definition) is 4. The van der Waals surface area contributed by atoms with Crippen LogP contribution in [0.2, 0.25) is 0 Å². The molecule has 3 amide bonds. The van der Waals surface area contributed by atoms with Gasteiger partial charge in [-0.25, -0.2) is 0 Å². The van der Waals surface area contributed by atoms with Gasteiger partial charge in [0.1, 0.15) is 17.0 Å². The number of benzene rings is 2. The Morgan fingerprint density at radius 2 is 1.81 bits per heavy atom. The maximum Gasteiger partial charge on any atom is 0.271 e. The molecule has 0 saturated carbocycles. The molecule has 0 spiro atoms. The molecule has 1 atom stereocenters. The van der Waals surface area contributed by atoms with Gasteiger partial charge in [-0.1, -0.05) is 36.4 Å². The van der Waals surface area contributed by atoms with E-state index in [1.807, 2.05) is 59.2 Å².